The molecule has 0 saturated heterocycles. The smallest absolute Gasteiger partial charge is 0.0779 e. The van der Waals surface area contributed by atoms with E-state index >= 15 is 0 Å². The molecule has 0 aliphatic heterocycles. The summed E-state index contributed by atoms with van der Waals surface area (Å²) in [7, 11) is 0. The fraction of sp³-hybridized carbons (Fsp3) is 0.571. The van der Waals surface area contributed by atoms with Crippen molar-refractivity contribution in [1.29, 1.82) is 0 Å². The lowest BCUT2D eigenvalue weighted by Crippen LogP contribution is -2.33. The highest BCUT2D eigenvalue weighted by Gasteiger charge is 2.30. The first-order chi connectivity index (χ1) is 4.88. The molecule has 0 bridgehead atoms. The van der Waals surface area contributed by atoms with E-state index in [1.807, 2.05) is 16.9 Å². The number of aliphatic hydroxyl groups excluding tert-OH is 1. The van der Waals surface area contributed by atoms with Crippen molar-refractivity contribution in [2.75, 3.05) is 0 Å². The molecule has 1 saturated carbocycles. The highest BCUT2D eigenvalue weighted by Crippen LogP contribution is 2.30. The van der Waals surface area contributed by atoms with Gasteiger partial charge in [-0.3, -0.25) is 4.68 Å². The number of aliphatic hydroxyl groups is 1. The van der Waals surface area contributed by atoms with E-state index in [4.69, 9.17) is 0 Å². The van der Waals surface area contributed by atoms with Crippen molar-refractivity contribution >= 4 is 0 Å². The van der Waals surface area contributed by atoms with Gasteiger partial charge in [0.25, 0.3) is 0 Å². The average Bonchev–Trinajstić information content (AvgIpc) is 2.37. The molecule has 3 nitrogen and oxygen atoms in total. The van der Waals surface area contributed by atoms with Crippen LogP contribution in [-0.4, -0.2) is 21.0 Å². The Kier molecular flexibility index (Phi) is 1.24. The summed E-state index contributed by atoms with van der Waals surface area (Å²) in [6, 6.07) is 2.13. The van der Waals surface area contributed by atoms with Crippen LogP contribution in [0.3, 0.4) is 0 Å². The molecule has 54 valence electrons. The van der Waals surface area contributed by atoms with E-state index in [2.05, 4.69) is 5.10 Å². The second kappa shape index (κ2) is 2.09. The maximum atomic E-state index is 9.22. The van der Waals surface area contributed by atoms with Crippen LogP contribution >= 0.6 is 0 Å². The van der Waals surface area contributed by atoms with Gasteiger partial charge in [-0.2, -0.15) is 5.10 Å². The maximum Gasteiger partial charge on any atom is 0.0779 e. The molecule has 1 aromatic heterocycles. The molecular weight excluding hydrogens is 128 g/mol. The summed E-state index contributed by atoms with van der Waals surface area (Å²) in [4.78, 5) is 0. The molecule has 3 heteroatoms. The predicted octanol–water partition coefficient (Wildman–Crippen LogP) is 0.579. The molecule has 2 atom stereocenters. The summed E-state index contributed by atoms with van der Waals surface area (Å²) in [6.45, 7) is 0. The molecule has 1 N–H and O–H groups in total. The third-order valence-electron chi connectivity index (χ3n) is 2.07. The molecule has 0 spiro atoms. The van der Waals surface area contributed by atoms with Crippen LogP contribution in [0.1, 0.15) is 18.9 Å². The van der Waals surface area contributed by atoms with Gasteiger partial charge in [-0.05, 0) is 18.9 Å². The lowest BCUT2D eigenvalue weighted by molar-refractivity contribution is 0.0254. The number of hydrogen-bond acceptors (Lipinski definition) is 2. The molecule has 1 aliphatic rings. The van der Waals surface area contributed by atoms with E-state index in [0.29, 0.717) is 0 Å². The summed E-state index contributed by atoms with van der Waals surface area (Å²) in [6.07, 6.45) is 5.45. The van der Waals surface area contributed by atoms with Crippen LogP contribution in [0, 0.1) is 0 Å². The van der Waals surface area contributed by atoms with Gasteiger partial charge >= 0.3 is 0 Å². The van der Waals surface area contributed by atoms with E-state index in [0.717, 1.165) is 12.8 Å². The zero-order valence-electron chi connectivity index (χ0n) is 5.64. The second-order valence-corrected chi connectivity index (χ2v) is 2.70. The van der Waals surface area contributed by atoms with Crippen LogP contribution in [0.25, 0.3) is 0 Å². The highest BCUT2D eigenvalue weighted by atomic mass is 16.3. The molecule has 1 fully saturated rings. The van der Waals surface area contributed by atoms with Crippen molar-refractivity contribution in [2.45, 2.75) is 25.0 Å². The molecule has 0 amide bonds. The van der Waals surface area contributed by atoms with Gasteiger partial charge in [0.1, 0.15) is 0 Å². The van der Waals surface area contributed by atoms with Crippen molar-refractivity contribution in [3.63, 3.8) is 0 Å². The van der Waals surface area contributed by atoms with Crippen LogP contribution < -0.4 is 0 Å². The zero-order valence-corrected chi connectivity index (χ0v) is 5.64. The van der Waals surface area contributed by atoms with Gasteiger partial charge in [0.2, 0.25) is 0 Å². The molecule has 2 unspecified atom stereocenters. The highest BCUT2D eigenvalue weighted by molar-refractivity contribution is 4.89. The van der Waals surface area contributed by atoms with Gasteiger partial charge in [-0.15, -0.1) is 0 Å². The SMILES string of the molecule is OC1CCC1n1cccn1. The van der Waals surface area contributed by atoms with Crippen molar-refractivity contribution in [1.82, 2.24) is 9.78 Å². The Morgan fingerprint density at radius 3 is 2.80 bits per heavy atom. The Bertz CT molecular complexity index is 207. The minimum Gasteiger partial charge on any atom is -0.391 e. The summed E-state index contributed by atoms with van der Waals surface area (Å²) in [5.41, 5.74) is 0. The van der Waals surface area contributed by atoms with Crippen LogP contribution in [0.15, 0.2) is 18.5 Å². The number of rotatable bonds is 1. The molecule has 1 aliphatic carbocycles. The lowest BCUT2D eigenvalue weighted by atomic mass is 9.89. The lowest BCUT2D eigenvalue weighted by Gasteiger charge is -2.32. The monoisotopic (exact) mass is 138 g/mol. The van der Waals surface area contributed by atoms with Gasteiger partial charge in [0.05, 0.1) is 12.1 Å². The summed E-state index contributed by atoms with van der Waals surface area (Å²) in [5, 5.41) is 13.3. The van der Waals surface area contributed by atoms with Gasteiger partial charge in [0.15, 0.2) is 0 Å². The van der Waals surface area contributed by atoms with E-state index in [1.165, 1.54) is 0 Å². The first-order valence-corrected chi connectivity index (χ1v) is 3.55. The Morgan fingerprint density at radius 1 is 1.50 bits per heavy atom. The summed E-state index contributed by atoms with van der Waals surface area (Å²) < 4.78 is 1.83. The number of aromatic nitrogens is 2. The van der Waals surface area contributed by atoms with Crippen molar-refractivity contribution < 1.29 is 5.11 Å². The minimum absolute atomic E-state index is 0.167. The number of hydrogen-bond donors (Lipinski definition) is 1. The second-order valence-electron chi connectivity index (χ2n) is 2.70. The first-order valence-electron chi connectivity index (χ1n) is 3.55. The predicted molar refractivity (Wildman–Crippen MR) is 36.5 cm³/mol. The Balaban J connectivity index is 2.14. The number of nitrogens with zero attached hydrogens (tertiary/aromatic N) is 2. The first kappa shape index (κ1) is 5.92. The molecule has 1 aromatic rings. The molecule has 2 rings (SSSR count). The van der Waals surface area contributed by atoms with Crippen molar-refractivity contribution in [3.05, 3.63) is 18.5 Å². The Hall–Kier alpha value is -0.830. The van der Waals surface area contributed by atoms with E-state index in [9.17, 15) is 5.11 Å². The largest absolute Gasteiger partial charge is 0.391 e. The molecule has 10 heavy (non-hydrogen) atoms. The van der Waals surface area contributed by atoms with Crippen LogP contribution in [-0.2, 0) is 0 Å². The average molecular weight is 138 g/mol. The molecule has 0 radical (unpaired) electrons. The fourth-order valence-electron chi connectivity index (χ4n) is 1.25. The maximum absolute atomic E-state index is 9.22. The van der Waals surface area contributed by atoms with Crippen molar-refractivity contribution in [2.24, 2.45) is 0 Å². The fourth-order valence-corrected chi connectivity index (χ4v) is 1.25. The normalized spacial score (nSPS) is 31.7. The van der Waals surface area contributed by atoms with Gasteiger partial charge < -0.3 is 5.11 Å². The van der Waals surface area contributed by atoms with Crippen LogP contribution in [0.2, 0.25) is 0 Å². The Morgan fingerprint density at radius 2 is 2.40 bits per heavy atom. The van der Waals surface area contributed by atoms with Crippen molar-refractivity contribution in [3.8, 4) is 0 Å². The van der Waals surface area contributed by atoms with E-state index in [1.54, 1.807) is 6.20 Å². The van der Waals surface area contributed by atoms with Gasteiger partial charge in [-0.1, -0.05) is 0 Å². The van der Waals surface area contributed by atoms with E-state index < -0.39 is 0 Å². The van der Waals surface area contributed by atoms with Gasteiger partial charge in [0, 0.05) is 12.4 Å². The van der Waals surface area contributed by atoms with Gasteiger partial charge in [-0.25, -0.2) is 0 Å². The Labute approximate surface area is 59.3 Å². The zero-order chi connectivity index (χ0) is 6.97. The molecular formula is C7H10N2O. The summed E-state index contributed by atoms with van der Waals surface area (Å²) >= 11 is 0. The van der Waals surface area contributed by atoms with E-state index in [-0.39, 0.29) is 12.1 Å². The minimum atomic E-state index is -0.167. The molecule has 1 heterocycles. The van der Waals surface area contributed by atoms with Crippen LogP contribution in [0.5, 0.6) is 0 Å². The quantitative estimate of drug-likeness (QED) is 0.616. The standard InChI is InChI=1S/C7H10N2O/c10-7-3-2-6(7)9-5-1-4-8-9/h1,4-7,10H,2-3H2. The third-order valence-corrected chi connectivity index (χ3v) is 2.07. The summed E-state index contributed by atoms with van der Waals surface area (Å²) in [5.74, 6) is 0. The topological polar surface area (TPSA) is 38.0 Å². The van der Waals surface area contributed by atoms with Crippen LogP contribution in [0.4, 0.5) is 0 Å². The third kappa shape index (κ3) is 0.743. The molecule has 0 aromatic carbocycles.